The minimum absolute atomic E-state index is 0. The molecule has 2 N–H and O–H groups in total. The average molecular weight is 553 g/mol. The molecule has 0 aliphatic carbocycles. The molecule has 8 nitrogen and oxygen atoms in total. The Morgan fingerprint density at radius 3 is 2.22 bits per heavy atom. The zero-order valence-electron chi connectivity index (χ0n) is 18.8. The predicted octanol–water partition coefficient (Wildman–Crippen LogP) is 2.45. The first-order valence-corrected chi connectivity index (χ1v) is 10.4. The molecular weight excluding hydrogens is 521 g/mol. The highest BCUT2D eigenvalue weighted by atomic mass is 127. The third-order valence-electron chi connectivity index (χ3n) is 5.24. The molecule has 1 amide bonds. The Balaban J connectivity index is 0.00000363. The van der Waals surface area contributed by atoms with Gasteiger partial charge in [-0.1, -0.05) is 12.1 Å². The lowest BCUT2D eigenvalue weighted by molar-refractivity contribution is 0.0954. The zero-order chi connectivity index (χ0) is 22.1. The van der Waals surface area contributed by atoms with Crippen LogP contribution < -0.4 is 25.0 Å². The van der Waals surface area contributed by atoms with E-state index in [1.54, 1.807) is 39.5 Å². The monoisotopic (exact) mass is 553 g/mol. The summed E-state index contributed by atoms with van der Waals surface area (Å²) in [6, 6.07) is 15.3. The molecule has 0 spiro atoms. The first kappa shape index (κ1) is 25.6. The largest absolute Gasteiger partial charge is 0.497 e. The van der Waals surface area contributed by atoms with Crippen molar-refractivity contribution >= 4 is 41.5 Å². The van der Waals surface area contributed by atoms with E-state index in [-0.39, 0.29) is 29.9 Å². The van der Waals surface area contributed by atoms with Crippen LogP contribution in [0.15, 0.2) is 53.5 Å². The number of guanidine groups is 1. The maximum absolute atomic E-state index is 12.3. The highest BCUT2D eigenvalue weighted by Crippen LogP contribution is 2.22. The van der Waals surface area contributed by atoms with Gasteiger partial charge >= 0.3 is 0 Å². The molecule has 0 aromatic heterocycles. The number of halogens is 1. The van der Waals surface area contributed by atoms with E-state index in [4.69, 9.17) is 9.47 Å². The number of aliphatic imine (C=N–C) groups is 1. The fraction of sp³-hybridized carbons (Fsp3) is 0.391. The van der Waals surface area contributed by atoms with Crippen molar-refractivity contribution in [3.8, 4) is 11.5 Å². The van der Waals surface area contributed by atoms with Gasteiger partial charge in [0.15, 0.2) is 5.96 Å². The van der Waals surface area contributed by atoms with Crippen molar-refractivity contribution in [1.82, 2.24) is 15.5 Å². The Labute approximate surface area is 207 Å². The standard InChI is InChI=1S/C23H31N5O3.HI/c1-24-23(26-11-10-25-22(29)18-6-4-8-20(16-18)30-2)28-14-12-27(13-15-28)19-7-5-9-21(17-19)31-3;/h4-9,16-17H,10-15H2,1-3H3,(H,24,26)(H,25,29);1H. The summed E-state index contributed by atoms with van der Waals surface area (Å²) in [5.41, 5.74) is 1.75. The maximum atomic E-state index is 12.3. The van der Waals surface area contributed by atoms with E-state index in [0.717, 1.165) is 37.9 Å². The number of benzene rings is 2. The van der Waals surface area contributed by atoms with Crippen LogP contribution in [0.4, 0.5) is 5.69 Å². The summed E-state index contributed by atoms with van der Waals surface area (Å²) in [7, 11) is 5.06. The molecule has 1 saturated heterocycles. The van der Waals surface area contributed by atoms with E-state index >= 15 is 0 Å². The van der Waals surface area contributed by atoms with Gasteiger partial charge < -0.3 is 29.9 Å². The fourth-order valence-electron chi connectivity index (χ4n) is 3.53. The maximum Gasteiger partial charge on any atom is 0.251 e. The Morgan fingerprint density at radius 1 is 0.938 bits per heavy atom. The lowest BCUT2D eigenvalue weighted by Gasteiger charge is -2.37. The van der Waals surface area contributed by atoms with E-state index in [1.165, 1.54) is 5.69 Å². The molecule has 9 heteroatoms. The molecule has 0 saturated carbocycles. The molecular formula is C23H32IN5O3. The summed E-state index contributed by atoms with van der Waals surface area (Å²) in [6.07, 6.45) is 0. The quantitative estimate of drug-likeness (QED) is 0.238. The molecule has 0 atom stereocenters. The molecule has 2 aromatic rings. The molecule has 1 fully saturated rings. The molecule has 1 heterocycles. The number of hydrogen-bond donors (Lipinski definition) is 2. The van der Waals surface area contributed by atoms with Gasteiger partial charge in [-0.3, -0.25) is 9.79 Å². The highest BCUT2D eigenvalue weighted by molar-refractivity contribution is 14.0. The zero-order valence-corrected chi connectivity index (χ0v) is 21.2. The van der Waals surface area contributed by atoms with Gasteiger partial charge in [0.2, 0.25) is 0 Å². The average Bonchev–Trinajstić information content (AvgIpc) is 2.84. The van der Waals surface area contributed by atoms with Crippen molar-refractivity contribution in [3.63, 3.8) is 0 Å². The van der Waals surface area contributed by atoms with Crippen LogP contribution in [0.2, 0.25) is 0 Å². The minimum Gasteiger partial charge on any atom is -0.497 e. The van der Waals surface area contributed by atoms with Gasteiger partial charge in [-0.15, -0.1) is 24.0 Å². The molecule has 32 heavy (non-hydrogen) atoms. The van der Waals surface area contributed by atoms with Crippen LogP contribution in [-0.4, -0.2) is 77.3 Å². The van der Waals surface area contributed by atoms with E-state index in [0.29, 0.717) is 24.4 Å². The Morgan fingerprint density at radius 2 is 1.56 bits per heavy atom. The Kier molecular flexibility index (Phi) is 10.4. The number of ether oxygens (including phenoxy) is 2. The van der Waals surface area contributed by atoms with Crippen LogP contribution in [0, 0.1) is 0 Å². The Hall–Kier alpha value is -2.69. The lowest BCUT2D eigenvalue weighted by Crippen LogP contribution is -2.53. The SMILES string of the molecule is CN=C(NCCNC(=O)c1cccc(OC)c1)N1CCN(c2cccc(OC)c2)CC1.I. The van der Waals surface area contributed by atoms with Gasteiger partial charge in [-0.2, -0.15) is 0 Å². The number of rotatable bonds is 7. The normalized spacial score (nSPS) is 13.8. The molecule has 0 radical (unpaired) electrons. The fourth-order valence-corrected chi connectivity index (χ4v) is 3.53. The van der Waals surface area contributed by atoms with Crippen molar-refractivity contribution in [1.29, 1.82) is 0 Å². The third-order valence-corrected chi connectivity index (χ3v) is 5.24. The van der Waals surface area contributed by atoms with Crippen LogP contribution in [0.3, 0.4) is 0 Å². The number of amides is 1. The smallest absolute Gasteiger partial charge is 0.251 e. The van der Waals surface area contributed by atoms with Crippen molar-refractivity contribution < 1.29 is 14.3 Å². The van der Waals surface area contributed by atoms with Gasteiger partial charge in [0, 0.05) is 63.6 Å². The summed E-state index contributed by atoms with van der Waals surface area (Å²) < 4.78 is 10.5. The second-order valence-corrected chi connectivity index (χ2v) is 7.14. The number of nitrogens with one attached hydrogen (secondary N) is 2. The van der Waals surface area contributed by atoms with E-state index in [2.05, 4.69) is 37.6 Å². The number of methoxy groups -OCH3 is 2. The number of hydrogen-bond acceptors (Lipinski definition) is 5. The number of anilines is 1. The van der Waals surface area contributed by atoms with E-state index in [1.807, 2.05) is 18.2 Å². The first-order valence-electron chi connectivity index (χ1n) is 10.4. The van der Waals surface area contributed by atoms with Crippen molar-refractivity contribution in [2.45, 2.75) is 0 Å². The van der Waals surface area contributed by atoms with Crippen molar-refractivity contribution in [3.05, 3.63) is 54.1 Å². The molecule has 1 aliphatic heterocycles. The van der Waals surface area contributed by atoms with Crippen molar-refractivity contribution in [2.75, 3.05) is 65.4 Å². The van der Waals surface area contributed by atoms with Gasteiger partial charge in [-0.05, 0) is 30.3 Å². The Bertz CT molecular complexity index is 901. The van der Waals surface area contributed by atoms with Crippen molar-refractivity contribution in [2.24, 2.45) is 4.99 Å². The van der Waals surface area contributed by atoms with Crippen LogP contribution in [0.1, 0.15) is 10.4 Å². The summed E-state index contributed by atoms with van der Waals surface area (Å²) >= 11 is 0. The second-order valence-electron chi connectivity index (χ2n) is 7.14. The second kappa shape index (κ2) is 13.0. The van der Waals surface area contributed by atoms with Crippen LogP contribution in [0.5, 0.6) is 11.5 Å². The molecule has 0 unspecified atom stereocenters. The number of nitrogens with zero attached hydrogens (tertiary/aromatic N) is 3. The third kappa shape index (κ3) is 6.91. The summed E-state index contributed by atoms with van der Waals surface area (Å²) in [6.45, 7) is 4.64. The van der Waals surface area contributed by atoms with Gasteiger partial charge in [-0.25, -0.2) is 0 Å². The first-order chi connectivity index (χ1) is 15.1. The summed E-state index contributed by atoms with van der Waals surface area (Å²) in [5.74, 6) is 2.26. The van der Waals surface area contributed by atoms with E-state index in [9.17, 15) is 4.79 Å². The number of carbonyl (C=O) groups is 1. The van der Waals surface area contributed by atoms with Gasteiger partial charge in [0.25, 0.3) is 5.91 Å². The highest BCUT2D eigenvalue weighted by Gasteiger charge is 2.20. The molecule has 0 bridgehead atoms. The molecule has 3 rings (SSSR count). The van der Waals surface area contributed by atoms with Gasteiger partial charge in [0.05, 0.1) is 14.2 Å². The molecule has 2 aromatic carbocycles. The molecule has 174 valence electrons. The predicted molar refractivity (Wildman–Crippen MR) is 139 cm³/mol. The minimum atomic E-state index is -0.123. The lowest BCUT2D eigenvalue weighted by atomic mass is 10.2. The topological polar surface area (TPSA) is 78.4 Å². The van der Waals surface area contributed by atoms with E-state index < -0.39 is 0 Å². The van der Waals surface area contributed by atoms with Crippen LogP contribution >= 0.6 is 24.0 Å². The summed E-state index contributed by atoms with van der Waals surface area (Å²) in [4.78, 5) is 21.3. The molecule has 1 aliphatic rings. The summed E-state index contributed by atoms with van der Waals surface area (Å²) in [5, 5.41) is 6.26. The van der Waals surface area contributed by atoms with Gasteiger partial charge in [0.1, 0.15) is 11.5 Å². The van der Waals surface area contributed by atoms with Crippen LogP contribution in [-0.2, 0) is 0 Å². The van der Waals surface area contributed by atoms with Crippen LogP contribution in [0.25, 0.3) is 0 Å². The number of carbonyl (C=O) groups excluding carboxylic acids is 1. The number of piperazine rings is 1.